The van der Waals surface area contributed by atoms with Gasteiger partial charge in [0.1, 0.15) is 5.82 Å². The van der Waals surface area contributed by atoms with Crippen LogP contribution in [0.2, 0.25) is 5.02 Å². The number of hydrogen-bond acceptors (Lipinski definition) is 2. The summed E-state index contributed by atoms with van der Waals surface area (Å²) in [6.45, 7) is 6.17. The topological polar surface area (TPSA) is 15.3 Å². The van der Waals surface area contributed by atoms with Crippen LogP contribution in [-0.4, -0.2) is 25.2 Å². The highest BCUT2D eigenvalue weighted by Gasteiger charge is 2.23. The molecule has 19 heavy (non-hydrogen) atoms. The minimum atomic E-state index is -0.311. The minimum absolute atomic E-state index is 0.311. The molecule has 0 saturated carbocycles. The average molecular weight is 350 g/mol. The number of anilines is 1. The molecule has 2 rings (SSSR count). The quantitative estimate of drug-likeness (QED) is 0.879. The van der Waals surface area contributed by atoms with Crippen molar-refractivity contribution in [2.24, 2.45) is 0 Å². The van der Waals surface area contributed by atoms with Crippen molar-refractivity contribution in [3.63, 3.8) is 0 Å². The first-order valence-corrected chi connectivity index (χ1v) is 7.80. The number of rotatable bonds is 3. The normalized spacial score (nSPS) is 20.1. The van der Waals surface area contributed by atoms with Gasteiger partial charge in [0.25, 0.3) is 0 Å². The van der Waals surface area contributed by atoms with Crippen molar-refractivity contribution in [3.05, 3.63) is 27.4 Å². The standard InChI is InChI=1S/C14H19BrClFN2/c1-9(2)18-11-4-3-5-19(8-11)14-12(15)6-10(17)7-13(14)16/h6-7,9,11,18H,3-5,8H2,1-2H3. The fourth-order valence-corrected chi connectivity index (χ4v) is 3.75. The van der Waals surface area contributed by atoms with E-state index in [-0.39, 0.29) is 5.82 Å². The summed E-state index contributed by atoms with van der Waals surface area (Å²) in [5, 5.41) is 4.03. The molecule has 1 atom stereocenters. The van der Waals surface area contributed by atoms with Gasteiger partial charge in [-0.2, -0.15) is 0 Å². The first kappa shape index (κ1) is 15.1. The van der Waals surface area contributed by atoms with Crippen molar-refractivity contribution in [3.8, 4) is 0 Å². The van der Waals surface area contributed by atoms with Crippen molar-refractivity contribution >= 4 is 33.2 Å². The summed E-state index contributed by atoms with van der Waals surface area (Å²) < 4.78 is 14.0. The Morgan fingerprint density at radius 1 is 1.47 bits per heavy atom. The highest BCUT2D eigenvalue weighted by atomic mass is 79.9. The minimum Gasteiger partial charge on any atom is -0.368 e. The Hall–Kier alpha value is -0.320. The van der Waals surface area contributed by atoms with Gasteiger partial charge in [0.05, 0.1) is 10.7 Å². The third kappa shape index (κ3) is 3.83. The van der Waals surface area contributed by atoms with E-state index in [2.05, 4.69) is 40.0 Å². The molecule has 1 fully saturated rings. The summed E-state index contributed by atoms with van der Waals surface area (Å²) in [5.74, 6) is -0.311. The Morgan fingerprint density at radius 2 is 2.21 bits per heavy atom. The van der Waals surface area contributed by atoms with E-state index in [1.165, 1.54) is 18.6 Å². The average Bonchev–Trinajstić information content (AvgIpc) is 2.26. The molecule has 1 aromatic carbocycles. The maximum Gasteiger partial charge on any atom is 0.125 e. The maximum atomic E-state index is 13.3. The van der Waals surface area contributed by atoms with Crippen LogP contribution < -0.4 is 10.2 Å². The van der Waals surface area contributed by atoms with Gasteiger partial charge in [0.2, 0.25) is 0 Å². The number of piperidine rings is 1. The van der Waals surface area contributed by atoms with Crippen LogP contribution in [0.3, 0.4) is 0 Å². The Bertz CT molecular complexity index is 430. The first-order valence-electron chi connectivity index (χ1n) is 6.63. The molecule has 5 heteroatoms. The number of nitrogens with one attached hydrogen (secondary N) is 1. The smallest absolute Gasteiger partial charge is 0.125 e. The Balaban J connectivity index is 2.17. The molecule has 0 amide bonds. The van der Waals surface area contributed by atoms with Crippen molar-refractivity contribution in [1.82, 2.24) is 5.32 Å². The Kier molecular flexibility index (Phi) is 5.09. The monoisotopic (exact) mass is 348 g/mol. The van der Waals surface area contributed by atoms with Gasteiger partial charge in [-0.15, -0.1) is 0 Å². The Labute approximate surface area is 127 Å². The van der Waals surface area contributed by atoms with Crippen LogP contribution in [0.4, 0.5) is 10.1 Å². The van der Waals surface area contributed by atoms with Gasteiger partial charge >= 0.3 is 0 Å². The number of hydrogen-bond donors (Lipinski definition) is 1. The zero-order valence-corrected chi connectivity index (χ0v) is 13.6. The van der Waals surface area contributed by atoms with Gasteiger partial charge < -0.3 is 10.2 Å². The summed E-state index contributed by atoms with van der Waals surface area (Å²) >= 11 is 9.61. The van der Waals surface area contributed by atoms with Crippen LogP contribution in [0, 0.1) is 5.82 Å². The lowest BCUT2D eigenvalue weighted by Gasteiger charge is -2.36. The molecule has 2 nitrogen and oxygen atoms in total. The lowest BCUT2D eigenvalue weighted by molar-refractivity contribution is 0.394. The molecule has 0 radical (unpaired) electrons. The molecule has 1 N–H and O–H groups in total. The Morgan fingerprint density at radius 3 is 2.84 bits per heavy atom. The fourth-order valence-electron chi connectivity index (χ4n) is 2.62. The highest BCUT2D eigenvalue weighted by Crippen LogP contribution is 2.36. The second kappa shape index (κ2) is 6.42. The fraction of sp³-hybridized carbons (Fsp3) is 0.571. The zero-order chi connectivity index (χ0) is 14.0. The summed E-state index contributed by atoms with van der Waals surface area (Å²) in [6.07, 6.45) is 2.29. The van der Waals surface area contributed by atoms with Crippen molar-refractivity contribution < 1.29 is 4.39 Å². The molecule has 1 aliphatic heterocycles. The molecule has 0 spiro atoms. The highest BCUT2D eigenvalue weighted by molar-refractivity contribution is 9.10. The first-order chi connectivity index (χ1) is 8.97. The van der Waals surface area contributed by atoms with E-state index in [1.54, 1.807) is 0 Å². The molecule has 0 aliphatic carbocycles. The summed E-state index contributed by atoms with van der Waals surface area (Å²) in [5.41, 5.74) is 0.901. The van der Waals surface area contributed by atoms with E-state index < -0.39 is 0 Å². The van der Waals surface area contributed by atoms with Crippen LogP contribution in [0.15, 0.2) is 16.6 Å². The number of halogens is 3. The lowest BCUT2D eigenvalue weighted by Crippen LogP contribution is -2.48. The molecule has 106 valence electrons. The van der Waals surface area contributed by atoms with Crippen LogP contribution in [-0.2, 0) is 0 Å². The van der Waals surface area contributed by atoms with Gasteiger partial charge in [-0.05, 0) is 40.9 Å². The maximum absolute atomic E-state index is 13.3. The van der Waals surface area contributed by atoms with E-state index in [0.717, 1.165) is 29.7 Å². The van der Waals surface area contributed by atoms with Gasteiger partial charge in [0.15, 0.2) is 0 Å². The predicted octanol–water partition coefficient (Wildman–Crippen LogP) is 4.21. The van der Waals surface area contributed by atoms with E-state index in [9.17, 15) is 4.39 Å². The number of benzene rings is 1. The van der Waals surface area contributed by atoms with Crippen LogP contribution >= 0.6 is 27.5 Å². The van der Waals surface area contributed by atoms with E-state index >= 15 is 0 Å². The molecule has 1 saturated heterocycles. The second-order valence-corrected chi connectivity index (χ2v) is 6.59. The van der Waals surface area contributed by atoms with Crippen LogP contribution in [0.5, 0.6) is 0 Å². The van der Waals surface area contributed by atoms with Gasteiger partial charge in [-0.1, -0.05) is 25.4 Å². The molecular formula is C14H19BrClFN2. The van der Waals surface area contributed by atoms with Crippen molar-refractivity contribution in [1.29, 1.82) is 0 Å². The molecule has 1 aliphatic rings. The summed E-state index contributed by atoms with van der Waals surface area (Å²) in [4.78, 5) is 2.23. The largest absolute Gasteiger partial charge is 0.368 e. The molecule has 0 aromatic heterocycles. The van der Waals surface area contributed by atoms with E-state index in [0.29, 0.717) is 17.1 Å². The zero-order valence-electron chi connectivity index (χ0n) is 11.2. The molecule has 1 unspecified atom stereocenters. The molecule has 0 bridgehead atoms. The van der Waals surface area contributed by atoms with Crippen molar-refractivity contribution in [2.75, 3.05) is 18.0 Å². The van der Waals surface area contributed by atoms with Gasteiger partial charge in [-0.3, -0.25) is 0 Å². The van der Waals surface area contributed by atoms with Gasteiger partial charge in [0, 0.05) is 29.6 Å². The predicted molar refractivity (Wildman–Crippen MR) is 82.6 cm³/mol. The van der Waals surface area contributed by atoms with E-state index in [4.69, 9.17) is 11.6 Å². The molecule has 1 aromatic rings. The summed E-state index contributed by atoms with van der Waals surface area (Å²) in [6, 6.07) is 3.78. The number of nitrogens with zero attached hydrogens (tertiary/aromatic N) is 1. The van der Waals surface area contributed by atoms with Gasteiger partial charge in [-0.25, -0.2) is 4.39 Å². The summed E-state index contributed by atoms with van der Waals surface area (Å²) in [7, 11) is 0. The third-order valence-electron chi connectivity index (χ3n) is 3.29. The molecular weight excluding hydrogens is 331 g/mol. The molecule has 1 heterocycles. The third-order valence-corrected chi connectivity index (χ3v) is 4.18. The van der Waals surface area contributed by atoms with E-state index in [1.807, 2.05) is 0 Å². The lowest BCUT2D eigenvalue weighted by atomic mass is 10.0. The van der Waals surface area contributed by atoms with Crippen LogP contribution in [0.25, 0.3) is 0 Å². The van der Waals surface area contributed by atoms with Crippen molar-refractivity contribution in [2.45, 2.75) is 38.8 Å². The second-order valence-electron chi connectivity index (χ2n) is 5.32. The van der Waals surface area contributed by atoms with Crippen LogP contribution in [0.1, 0.15) is 26.7 Å². The SMILES string of the molecule is CC(C)NC1CCCN(c2c(Cl)cc(F)cc2Br)C1.